The molecule has 0 saturated heterocycles. The number of hydrogen-bond acceptors (Lipinski definition) is 6. The van der Waals surface area contributed by atoms with Crippen molar-refractivity contribution in [3.8, 4) is 0 Å². The van der Waals surface area contributed by atoms with Crippen LogP contribution >= 0.6 is 0 Å². The summed E-state index contributed by atoms with van der Waals surface area (Å²) in [5.41, 5.74) is 10.1. The molecule has 0 spiro atoms. The molecule has 8 heteroatoms. The van der Waals surface area contributed by atoms with Crippen molar-refractivity contribution < 1.29 is 14.3 Å². The molecular formula is C17H26N4O4. The lowest BCUT2D eigenvalue weighted by Crippen LogP contribution is -2.30. The van der Waals surface area contributed by atoms with E-state index in [1.807, 2.05) is 20.8 Å². The van der Waals surface area contributed by atoms with Crippen LogP contribution in [0.25, 0.3) is 11.0 Å². The molecule has 2 rings (SSSR count). The zero-order chi connectivity index (χ0) is 18.5. The van der Waals surface area contributed by atoms with Gasteiger partial charge in [0.2, 0.25) is 0 Å². The molecule has 0 aliphatic heterocycles. The van der Waals surface area contributed by atoms with Crippen LogP contribution in [0.15, 0.2) is 23.0 Å². The fourth-order valence-electron chi connectivity index (χ4n) is 1.68. The number of carbonyl (C=O) groups is 2. The third kappa shape index (κ3) is 6.00. The van der Waals surface area contributed by atoms with E-state index in [2.05, 4.69) is 4.98 Å². The van der Waals surface area contributed by atoms with E-state index in [9.17, 15) is 14.4 Å². The number of nitrogen functional groups attached to an aromatic ring is 1. The summed E-state index contributed by atoms with van der Waals surface area (Å²) in [6, 6.07) is 4.47. The summed E-state index contributed by atoms with van der Waals surface area (Å²) in [4.78, 5) is 37.7. The Bertz CT molecular complexity index is 807. The third-order valence-corrected chi connectivity index (χ3v) is 3.09. The number of anilines is 1. The molecule has 0 aromatic carbocycles. The van der Waals surface area contributed by atoms with Crippen molar-refractivity contribution in [1.29, 1.82) is 0 Å². The van der Waals surface area contributed by atoms with Crippen LogP contribution in [0.3, 0.4) is 0 Å². The lowest BCUT2D eigenvalue weighted by Gasteiger charge is -2.14. The van der Waals surface area contributed by atoms with E-state index in [4.69, 9.17) is 16.2 Å². The first-order valence-corrected chi connectivity index (χ1v) is 7.19. The van der Waals surface area contributed by atoms with Crippen LogP contribution in [-0.4, -0.2) is 34.5 Å². The molecule has 8 nitrogen and oxygen atoms in total. The van der Waals surface area contributed by atoms with E-state index < -0.39 is 11.5 Å². The molecule has 0 aliphatic rings. The molecule has 4 N–H and O–H groups in total. The van der Waals surface area contributed by atoms with Gasteiger partial charge in [-0.05, 0) is 39.0 Å². The maximum absolute atomic E-state index is 11.9. The van der Waals surface area contributed by atoms with E-state index in [1.165, 1.54) is 12.1 Å². The van der Waals surface area contributed by atoms with Gasteiger partial charge >= 0.3 is 0 Å². The summed E-state index contributed by atoms with van der Waals surface area (Å²) in [7, 11) is 1.71. The number of aromatic nitrogens is 2. The quantitative estimate of drug-likeness (QED) is 0.803. The van der Waals surface area contributed by atoms with Gasteiger partial charge in [0.1, 0.15) is 23.3 Å². The second kappa shape index (κ2) is 8.93. The zero-order valence-corrected chi connectivity index (χ0v) is 14.2. The van der Waals surface area contributed by atoms with E-state index in [0.29, 0.717) is 11.7 Å². The van der Waals surface area contributed by atoms with Gasteiger partial charge in [0.25, 0.3) is 11.5 Å². The predicted molar refractivity (Wildman–Crippen MR) is 98.5 cm³/mol. The molecule has 0 atom stereocenters. The van der Waals surface area contributed by atoms with E-state index >= 15 is 0 Å². The van der Waals surface area contributed by atoms with Crippen LogP contribution in [0.1, 0.15) is 38.6 Å². The first-order chi connectivity index (χ1) is 11.1. The molecule has 2 heterocycles. The maximum atomic E-state index is 11.9. The number of carbonyl (C=O) groups excluding carboxylic acids is 2. The number of methoxy groups -OCH3 is 1. The van der Waals surface area contributed by atoms with Gasteiger partial charge in [0, 0.05) is 12.5 Å². The summed E-state index contributed by atoms with van der Waals surface area (Å²) in [6.45, 7) is 5.85. The molecule has 0 bridgehead atoms. The van der Waals surface area contributed by atoms with Gasteiger partial charge in [-0.25, -0.2) is 4.98 Å². The van der Waals surface area contributed by atoms with Gasteiger partial charge in [-0.3, -0.25) is 14.2 Å². The topological polar surface area (TPSA) is 130 Å². The molecule has 1 amide bonds. The van der Waals surface area contributed by atoms with Gasteiger partial charge in [-0.2, -0.15) is 0 Å². The van der Waals surface area contributed by atoms with Crippen LogP contribution in [0, 0.1) is 0 Å². The van der Waals surface area contributed by atoms with E-state index in [1.54, 1.807) is 13.2 Å². The molecular weight excluding hydrogens is 324 g/mol. The Morgan fingerprint density at radius 1 is 1.36 bits per heavy atom. The molecule has 0 radical (unpaired) electrons. The van der Waals surface area contributed by atoms with Crippen molar-refractivity contribution in [3.63, 3.8) is 0 Å². The summed E-state index contributed by atoms with van der Waals surface area (Å²) in [5, 5.41) is 0.513. The van der Waals surface area contributed by atoms with Crippen LogP contribution in [0.5, 0.6) is 0 Å². The Balaban J connectivity index is 0.000000715. The summed E-state index contributed by atoms with van der Waals surface area (Å²) >= 11 is 0. The van der Waals surface area contributed by atoms with Gasteiger partial charge in [0.05, 0.1) is 12.1 Å². The average Bonchev–Trinajstić information content (AvgIpc) is 2.49. The van der Waals surface area contributed by atoms with Gasteiger partial charge in [-0.1, -0.05) is 7.43 Å². The SMILES string of the molecule is C.COC(C)(C)C.NC(=O)c1cc2ccc(N)nc2n(CC=O)c1=O. The highest BCUT2D eigenvalue weighted by Gasteiger charge is 2.14. The number of aldehydes is 1. The first-order valence-electron chi connectivity index (χ1n) is 7.19. The fourth-order valence-corrected chi connectivity index (χ4v) is 1.68. The lowest BCUT2D eigenvalue weighted by molar-refractivity contribution is -0.108. The number of hydrogen-bond donors (Lipinski definition) is 2. The van der Waals surface area contributed by atoms with Crippen molar-refractivity contribution in [2.24, 2.45) is 5.73 Å². The average molecular weight is 350 g/mol. The molecule has 0 unspecified atom stereocenters. The standard InChI is InChI=1S/C11H10N4O3.C5H12O.CH4/c12-8-2-1-6-5-7(9(13)17)11(18)15(3-4-16)10(6)14-8;1-5(2,3)6-4;/h1-2,4-5H,3H2,(H2,12,14)(H2,13,17);1-4H3;1H4. The maximum Gasteiger partial charge on any atom is 0.265 e. The Hall–Kier alpha value is -2.74. The highest BCUT2D eigenvalue weighted by atomic mass is 16.5. The van der Waals surface area contributed by atoms with E-state index in [-0.39, 0.29) is 36.6 Å². The summed E-state index contributed by atoms with van der Waals surface area (Å²) in [6.07, 6.45) is 0.538. The number of pyridine rings is 2. The highest BCUT2D eigenvalue weighted by molar-refractivity contribution is 5.96. The minimum absolute atomic E-state index is 0. The van der Waals surface area contributed by atoms with Crippen molar-refractivity contribution in [2.75, 3.05) is 12.8 Å². The number of fused-ring (bicyclic) bond motifs is 1. The van der Waals surface area contributed by atoms with Crippen molar-refractivity contribution in [1.82, 2.24) is 9.55 Å². The minimum Gasteiger partial charge on any atom is -0.384 e. The van der Waals surface area contributed by atoms with Crippen molar-refractivity contribution in [3.05, 3.63) is 34.1 Å². The predicted octanol–water partition coefficient (Wildman–Crippen LogP) is 1.34. The minimum atomic E-state index is -0.849. The van der Waals surface area contributed by atoms with Crippen LogP contribution in [-0.2, 0) is 16.1 Å². The number of nitrogens with zero attached hydrogens (tertiary/aromatic N) is 2. The number of amides is 1. The second-order valence-corrected chi connectivity index (χ2v) is 5.97. The van der Waals surface area contributed by atoms with Gasteiger partial charge in [-0.15, -0.1) is 0 Å². The van der Waals surface area contributed by atoms with Crippen LogP contribution in [0.2, 0.25) is 0 Å². The third-order valence-electron chi connectivity index (χ3n) is 3.09. The Morgan fingerprint density at radius 2 is 1.92 bits per heavy atom. The summed E-state index contributed by atoms with van der Waals surface area (Å²) < 4.78 is 6.01. The Labute approximate surface area is 146 Å². The Morgan fingerprint density at radius 3 is 2.36 bits per heavy atom. The van der Waals surface area contributed by atoms with Gasteiger partial charge < -0.3 is 21.0 Å². The van der Waals surface area contributed by atoms with E-state index in [0.717, 1.165) is 4.57 Å². The van der Waals surface area contributed by atoms with Crippen LogP contribution in [0.4, 0.5) is 5.82 Å². The first kappa shape index (κ1) is 22.3. The molecule has 2 aromatic rings. The fraction of sp³-hybridized carbons (Fsp3) is 0.412. The van der Waals surface area contributed by atoms with Crippen LogP contribution < -0.4 is 17.0 Å². The largest absolute Gasteiger partial charge is 0.384 e. The smallest absolute Gasteiger partial charge is 0.265 e. The van der Waals surface area contributed by atoms with Crippen molar-refractivity contribution >= 4 is 29.0 Å². The molecule has 0 fully saturated rings. The zero-order valence-electron chi connectivity index (χ0n) is 14.2. The van der Waals surface area contributed by atoms with Gasteiger partial charge in [0.15, 0.2) is 0 Å². The normalized spacial score (nSPS) is 10.4. The Kier molecular flexibility index (Phi) is 7.95. The highest BCUT2D eigenvalue weighted by Crippen LogP contribution is 2.13. The molecule has 0 saturated carbocycles. The molecule has 138 valence electrons. The monoisotopic (exact) mass is 350 g/mol. The number of rotatable bonds is 3. The molecule has 0 aliphatic carbocycles. The molecule has 25 heavy (non-hydrogen) atoms. The summed E-state index contributed by atoms with van der Waals surface area (Å²) in [5.74, 6) is -0.633. The number of primary amides is 1. The number of nitrogens with two attached hydrogens (primary N) is 2. The lowest BCUT2D eigenvalue weighted by atomic mass is 10.2. The molecule has 2 aromatic heterocycles. The second-order valence-electron chi connectivity index (χ2n) is 5.97. The number of ether oxygens (including phenoxy) is 1. The van der Waals surface area contributed by atoms with Crippen molar-refractivity contribution in [2.45, 2.75) is 40.3 Å².